The lowest BCUT2D eigenvalue weighted by Crippen LogP contribution is -2.34. The van der Waals surface area contributed by atoms with Gasteiger partial charge in [0.25, 0.3) is 0 Å². The quantitative estimate of drug-likeness (QED) is 0.527. The van der Waals surface area contributed by atoms with Crippen molar-refractivity contribution in [1.82, 2.24) is 10.6 Å². The first-order valence-corrected chi connectivity index (χ1v) is 3.03. The normalized spacial score (nSPS) is 8.25. The molecule has 0 aromatic heterocycles. The highest BCUT2D eigenvalue weighted by atomic mass is 32.1. The Morgan fingerprint density at radius 2 is 2.25 bits per heavy atom. The lowest BCUT2D eigenvalue weighted by molar-refractivity contribution is 0.908. The molecule has 0 saturated heterocycles. The van der Waals surface area contributed by atoms with Gasteiger partial charge < -0.3 is 10.6 Å². The Hall–Kier alpha value is -0.310. The Morgan fingerprint density at radius 1 is 1.62 bits per heavy atom. The Kier molecular flexibility index (Phi) is 4.65. The molecule has 2 nitrogen and oxygen atoms in total. The van der Waals surface area contributed by atoms with Crippen molar-refractivity contribution in [2.75, 3.05) is 13.1 Å². The van der Waals surface area contributed by atoms with Crippen LogP contribution in [0.5, 0.6) is 0 Å². The molecule has 0 aliphatic carbocycles. The summed E-state index contributed by atoms with van der Waals surface area (Å²) in [7, 11) is 0. The Labute approximate surface area is 55.7 Å². The highest BCUT2D eigenvalue weighted by molar-refractivity contribution is 7.80. The zero-order valence-corrected chi connectivity index (χ0v) is 5.85. The van der Waals surface area contributed by atoms with E-state index in [1.807, 2.05) is 6.92 Å². The molecule has 2 N–H and O–H groups in total. The van der Waals surface area contributed by atoms with E-state index in [1.54, 1.807) is 0 Å². The standard InChI is InChI=1S/C5H11N2S/c1-3-6-5(8)7-4-2/h1,3-4H2,2H3,(H2,6,7,8). The van der Waals surface area contributed by atoms with Gasteiger partial charge in [-0.1, -0.05) is 0 Å². The van der Waals surface area contributed by atoms with E-state index in [9.17, 15) is 0 Å². The first kappa shape index (κ1) is 7.69. The average molecular weight is 131 g/mol. The number of rotatable bonds is 2. The summed E-state index contributed by atoms with van der Waals surface area (Å²) in [5, 5.41) is 6.47. The molecule has 3 heteroatoms. The van der Waals surface area contributed by atoms with E-state index in [2.05, 4.69) is 17.6 Å². The first-order valence-electron chi connectivity index (χ1n) is 2.62. The van der Waals surface area contributed by atoms with Crippen LogP contribution in [0.2, 0.25) is 0 Å². The van der Waals surface area contributed by atoms with Crippen LogP contribution in [0.1, 0.15) is 6.92 Å². The molecule has 0 unspecified atom stereocenters. The van der Waals surface area contributed by atoms with Crippen molar-refractivity contribution in [1.29, 1.82) is 0 Å². The summed E-state index contributed by atoms with van der Waals surface area (Å²) >= 11 is 4.79. The molecule has 0 rings (SSSR count). The third-order valence-corrected chi connectivity index (χ3v) is 0.912. The Bertz CT molecular complexity index is 64.8. The van der Waals surface area contributed by atoms with Crippen LogP contribution in [0.25, 0.3) is 0 Å². The molecular formula is C5H11N2S. The van der Waals surface area contributed by atoms with Gasteiger partial charge in [0.05, 0.1) is 0 Å². The number of hydrogen-bond donors (Lipinski definition) is 2. The van der Waals surface area contributed by atoms with Gasteiger partial charge in [-0.25, -0.2) is 0 Å². The van der Waals surface area contributed by atoms with Crippen molar-refractivity contribution in [3.63, 3.8) is 0 Å². The molecule has 0 amide bonds. The van der Waals surface area contributed by atoms with Gasteiger partial charge in [0.2, 0.25) is 0 Å². The molecule has 47 valence electrons. The second kappa shape index (κ2) is 4.84. The van der Waals surface area contributed by atoms with Crippen molar-refractivity contribution in [2.45, 2.75) is 6.92 Å². The number of thiocarbonyl (C=S) groups is 1. The Morgan fingerprint density at radius 3 is 2.62 bits per heavy atom. The predicted molar refractivity (Wildman–Crippen MR) is 39.6 cm³/mol. The Balaban J connectivity index is 3.06. The van der Waals surface area contributed by atoms with Crippen molar-refractivity contribution in [3.05, 3.63) is 6.92 Å². The second-order valence-corrected chi connectivity index (χ2v) is 1.69. The highest BCUT2D eigenvalue weighted by Crippen LogP contribution is 1.62. The van der Waals surface area contributed by atoms with Gasteiger partial charge in [-0.15, -0.1) is 0 Å². The molecular weight excluding hydrogens is 120 g/mol. The molecule has 0 aliphatic rings. The van der Waals surface area contributed by atoms with Crippen LogP contribution >= 0.6 is 12.2 Å². The van der Waals surface area contributed by atoms with E-state index in [4.69, 9.17) is 12.2 Å². The minimum atomic E-state index is 0.645. The summed E-state index contributed by atoms with van der Waals surface area (Å²) in [6, 6.07) is 0. The van der Waals surface area contributed by atoms with Crippen molar-refractivity contribution in [3.8, 4) is 0 Å². The zero-order valence-electron chi connectivity index (χ0n) is 5.03. The molecule has 1 radical (unpaired) electrons. The van der Waals surface area contributed by atoms with Crippen LogP contribution in [-0.2, 0) is 0 Å². The molecule has 0 fully saturated rings. The smallest absolute Gasteiger partial charge is 0.166 e. The van der Waals surface area contributed by atoms with Gasteiger partial charge in [-0.2, -0.15) is 0 Å². The lowest BCUT2D eigenvalue weighted by atomic mass is 10.7. The van der Waals surface area contributed by atoms with Crippen LogP contribution in [0.15, 0.2) is 0 Å². The second-order valence-electron chi connectivity index (χ2n) is 1.29. The summed E-state index contributed by atoms with van der Waals surface area (Å²) < 4.78 is 0. The van der Waals surface area contributed by atoms with E-state index in [-0.39, 0.29) is 0 Å². The fourth-order valence-corrected chi connectivity index (χ4v) is 0.583. The minimum absolute atomic E-state index is 0.645. The SMILES string of the molecule is [CH2]CNC(=S)NCC. The summed E-state index contributed by atoms with van der Waals surface area (Å²) in [6.07, 6.45) is 0. The van der Waals surface area contributed by atoms with E-state index < -0.39 is 0 Å². The van der Waals surface area contributed by atoms with Crippen LogP contribution in [0.4, 0.5) is 0 Å². The largest absolute Gasteiger partial charge is 0.363 e. The average Bonchev–Trinajstić information content (AvgIpc) is 1.68. The van der Waals surface area contributed by atoms with E-state index in [1.165, 1.54) is 0 Å². The van der Waals surface area contributed by atoms with E-state index >= 15 is 0 Å². The van der Waals surface area contributed by atoms with E-state index in [0.29, 0.717) is 11.7 Å². The third kappa shape index (κ3) is 3.87. The molecule has 0 aliphatic heterocycles. The van der Waals surface area contributed by atoms with Gasteiger partial charge in [-0.05, 0) is 26.1 Å². The summed E-state index contributed by atoms with van der Waals surface area (Å²) in [4.78, 5) is 0. The van der Waals surface area contributed by atoms with Gasteiger partial charge in [0.15, 0.2) is 5.11 Å². The maximum absolute atomic E-state index is 4.79. The molecule has 0 bridgehead atoms. The highest BCUT2D eigenvalue weighted by Gasteiger charge is 1.84. The van der Waals surface area contributed by atoms with Crippen LogP contribution in [0.3, 0.4) is 0 Å². The lowest BCUT2D eigenvalue weighted by Gasteiger charge is -2.03. The molecule has 0 spiro atoms. The maximum Gasteiger partial charge on any atom is 0.166 e. The fraction of sp³-hybridized carbons (Fsp3) is 0.600. The molecule has 0 atom stereocenters. The molecule has 0 aromatic carbocycles. The first-order chi connectivity index (χ1) is 3.81. The maximum atomic E-state index is 4.79. The van der Waals surface area contributed by atoms with Gasteiger partial charge in [-0.3, -0.25) is 0 Å². The fourth-order valence-electron chi connectivity index (χ4n) is 0.337. The van der Waals surface area contributed by atoms with Gasteiger partial charge in [0.1, 0.15) is 0 Å². The summed E-state index contributed by atoms with van der Waals surface area (Å²) in [5.41, 5.74) is 0. The number of hydrogen-bond acceptors (Lipinski definition) is 1. The topological polar surface area (TPSA) is 24.1 Å². The summed E-state index contributed by atoms with van der Waals surface area (Å²) in [6.45, 7) is 7.08. The third-order valence-electron chi connectivity index (χ3n) is 0.623. The van der Waals surface area contributed by atoms with Crippen LogP contribution < -0.4 is 10.6 Å². The van der Waals surface area contributed by atoms with Crippen LogP contribution in [0, 0.1) is 6.92 Å². The summed E-state index contributed by atoms with van der Waals surface area (Å²) in [5.74, 6) is 0. The zero-order chi connectivity index (χ0) is 6.41. The number of nitrogens with one attached hydrogen (secondary N) is 2. The van der Waals surface area contributed by atoms with Gasteiger partial charge >= 0.3 is 0 Å². The minimum Gasteiger partial charge on any atom is -0.363 e. The van der Waals surface area contributed by atoms with Crippen molar-refractivity contribution in [2.24, 2.45) is 0 Å². The van der Waals surface area contributed by atoms with Crippen molar-refractivity contribution < 1.29 is 0 Å². The van der Waals surface area contributed by atoms with E-state index in [0.717, 1.165) is 6.54 Å². The van der Waals surface area contributed by atoms with Gasteiger partial charge in [0, 0.05) is 13.1 Å². The molecule has 0 heterocycles. The molecule has 0 aromatic rings. The predicted octanol–water partition coefficient (Wildman–Crippen LogP) is 0.304. The monoisotopic (exact) mass is 131 g/mol. The van der Waals surface area contributed by atoms with Crippen LogP contribution in [-0.4, -0.2) is 18.2 Å². The molecule has 0 saturated carbocycles. The molecule has 8 heavy (non-hydrogen) atoms. The van der Waals surface area contributed by atoms with Crippen molar-refractivity contribution >= 4 is 17.3 Å².